The van der Waals surface area contributed by atoms with Gasteiger partial charge >= 0.3 is 0 Å². The number of amides is 1. The molecule has 0 unspecified atom stereocenters. The summed E-state index contributed by atoms with van der Waals surface area (Å²) in [6.07, 6.45) is 0.0246. The van der Waals surface area contributed by atoms with Gasteiger partial charge in [-0.15, -0.1) is 0 Å². The predicted molar refractivity (Wildman–Crippen MR) is 140 cm³/mol. The minimum absolute atomic E-state index is 0.0252. The van der Waals surface area contributed by atoms with E-state index in [2.05, 4.69) is 23.7 Å². The predicted octanol–water partition coefficient (Wildman–Crippen LogP) is 7.11. The summed E-state index contributed by atoms with van der Waals surface area (Å²) >= 11 is 0. The average Bonchev–Trinajstić information content (AvgIpc) is 3.20. The van der Waals surface area contributed by atoms with Crippen LogP contribution in [0.25, 0.3) is 22.4 Å². The van der Waals surface area contributed by atoms with Crippen molar-refractivity contribution < 1.29 is 14.3 Å². The fraction of sp³-hybridized carbons (Fsp3) is 0.233. The normalized spacial score (nSPS) is 12.1. The Morgan fingerprint density at radius 2 is 1.49 bits per heavy atom. The molecular formula is C30H31FN2O2. The lowest BCUT2D eigenvalue weighted by molar-refractivity contribution is 0.102. The van der Waals surface area contributed by atoms with Gasteiger partial charge in [0, 0.05) is 23.5 Å². The van der Waals surface area contributed by atoms with Gasteiger partial charge in [-0.25, -0.2) is 4.39 Å². The summed E-state index contributed by atoms with van der Waals surface area (Å²) < 4.78 is 16.0. The van der Waals surface area contributed by atoms with Crippen molar-refractivity contribution in [1.82, 2.24) is 4.57 Å². The Morgan fingerprint density at radius 3 is 2.06 bits per heavy atom. The molecule has 0 aliphatic heterocycles. The second-order valence-electron chi connectivity index (χ2n) is 9.12. The van der Waals surface area contributed by atoms with Crippen molar-refractivity contribution in [2.75, 3.05) is 5.32 Å². The fourth-order valence-corrected chi connectivity index (χ4v) is 4.52. The van der Waals surface area contributed by atoms with Gasteiger partial charge in [-0.2, -0.15) is 0 Å². The molecule has 3 aromatic carbocycles. The first-order chi connectivity index (χ1) is 16.9. The number of carbonyl (C=O) groups excluding carboxylic acids is 1. The van der Waals surface area contributed by atoms with Gasteiger partial charge in [0.25, 0.3) is 5.91 Å². The first-order valence-corrected chi connectivity index (χ1v) is 12.0. The van der Waals surface area contributed by atoms with Crippen LogP contribution in [0.5, 0.6) is 0 Å². The number of halogens is 1. The smallest absolute Gasteiger partial charge is 0.258 e. The monoisotopic (exact) mass is 470 g/mol. The molecule has 0 saturated heterocycles. The largest absolute Gasteiger partial charge is 0.393 e. The van der Waals surface area contributed by atoms with Crippen LogP contribution in [0.1, 0.15) is 49.2 Å². The van der Waals surface area contributed by atoms with E-state index in [0.717, 1.165) is 28.1 Å². The highest BCUT2D eigenvalue weighted by Crippen LogP contribution is 2.42. The lowest BCUT2D eigenvalue weighted by Gasteiger charge is -2.18. The topological polar surface area (TPSA) is 54.3 Å². The van der Waals surface area contributed by atoms with Crippen LogP contribution in [-0.4, -0.2) is 21.7 Å². The summed E-state index contributed by atoms with van der Waals surface area (Å²) in [5.74, 6) is -0.488. The molecule has 2 N–H and O–H groups in total. The van der Waals surface area contributed by atoms with E-state index in [0.29, 0.717) is 24.2 Å². The molecule has 4 nitrogen and oxygen atoms in total. The standard InChI is InChI=1S/C30H31FN2O2/c1-20(2)28-27(30(35)32-25-12-8-5-9-13-25)26(22-10-6-4-7-11-22)29(33(28)19-18-21(3)34)23-14-16-24(31)17-15-23/h4-17,20-21,34H,18-19H2,1-3H3,(H,32,35)/t21-/m0/s1. The van der Waals surface area contributed by atoms with Gasteiger partial charge < -0.3 is 15.0 Å². The number of para-hydroxylation sites is 1. The van der Waals surface area contributed by atoms with E-state index in [4.69, 9.17) is 0 Å². The van der Waals surface area contributed by atoms with Crippen molar-refractivity contribution in [3.05, 3.63) is 102 Å². The maximum absolute atomic E-state index is 13.9. The number of hydrogen-bond donors (Lipinski definition) is 2. The summed E-state index contributed by atoms with van der Waals surface area (Å²) in [5, 5.41) is 13.2. The molecule has 1 atom stereocenters. The van der Waals surface area contributed by atoms with Crippen molar-refractivity contribution in [1.29, 1.82) is 0 Å². The molecule has 0 radical (unpaired) electrons. The lowest BCUT2D eigenvalue weighted by atomic mass is 9.94. The fourth-order valence-electron chi connectivity index (χ4n) is 4.52. The molecule has 0 aliphatic carbocycles. The Bertz CT molecular complexity index is 1280. The maximum Gasteiger partial charge on any atom is 0.258 e. The first-order valence-electron chi connectivity index (χ1n) is 12.0. The number of nitrogens with zero attached hydrogens (tertiary/aromatic N) is 1. The molecule has 4 aromatic rings. The SMILES string of the molecule is CC(C)c1c(C(=O)Nc2ccccc2)c(-c2ccccc2)c(-c2ccc(F)cc2)n1CC[C@H](C)O. The van der Waals surface area contributed by atoms with Crippen LogP contribution in [0, 0.1) is 5.82 Å². The Hall–Kier alpha value is -3.70. The third-order valence-corrected chi connectivity index (χ3v) is 6.06. The van der Waals surface area contributed by atoms with E-state index in [1.54, 1.807) is 19.1 Å². The Kier molecular flexibility index (Phi) is 7.47. The minimum Gasteiger partial charge on any atom is -0.393 e. The first kappa shape index (κ1) is 24.4. The number of hydrogen-bond acceptors (Lipinski definition) is 2. The number of aromatic nitrogens is 1. The summed E-state index contributed by atoms with van der Waals surface area (Å²) in [6, 6.07) is 25.6. The summed E-state index contributed by atoms with van der Waals surface area (Å²) in [4.78, 5) is 13.9. The number of benzene rings is 3. The number of rotatable bonds is 8. The van der Waals surface area contributed by atoms with E-state index in [1.807, 2.05) is 60.7 Å². The van der Waals surface area contributed by atoms with Gasteiger partial charge in [-0.3, -0.25) is 4.79 Å². The summed E-state index contributed by atoms with van der Waals surface area (Å²) in [5.41, 5.74) is 5.57. The Morgan fingerprint density at radius 1 is 0.886 bits per heavy atom. The van der Waals surface area contributed by atoms with Gasteiger partial charge in [-0.05, 0) is 66.8 Å². The zero-order valence-electron chi connectivity index (χ0n) is 20.3. The second-order valence-corrected chi connectivity index (χ2v) is 9.12. The molecule has 0 aliphatic rings. The summed E-state index contributed by atoms with van der Waals surface area (Å²) in [6.45, 7) is 6.42. The van der Waals surface area contributed by atoms with Crippen LogP contribution in [-0.2, 0) is 6.54 Å². The highest BCUT2D eigenvalue weighted by Gasteiger charge is 2.30. The van der Waals surface area contributed by atoms with Crippen molar-refractivity contribution in [3.63, 3.8) is 0 Å². The van der Waals surface area contributed by atoms with Crippen molar-refractivity contribution >= 4 is 11.6 Å². The van der Waals surface area contributed by atoms with Crippen LogP contribution >= 0.6 is 0 Å². The molecule has 35 heavy (non-hydrogen) atoms. The molecule has 180 valence electrons. The molecular weight excluding hydrogens is 439 g/mol. The number of nitrogens with one attached hydrogen (secondary N) is 1. The molecule has 4 rings (SSSR count). The Balaban J connectivity index is 2.03. The number of aliphatic hydroxyl groups is 1. The molecule has 0 bridgehead atoms. The van der Waals surface area contributed by atoms with Crippen LogP contribution in [0.15, 0.2) is 84.9 Å². The number of anilines is 1. The van der Waals surface area contributed by atoms with Gasteiger partial charge in [0.2, 0.25) is 0 Å². The zero-order chi connectivity index (χ0) is 24.9. The number of carbonyl (C=O) groups is 1. The van der Waals surface area contributed by atoms with E-state index < -0.39 is 6.10 Å². The van der Waals surface area contributed by atoms with Crippen molar-refractivity contribution in [2.45, 2.75) is 45.8 Å². The zero-order valence-corrected chi connectivity index (χ0v) is 20.3. The highest BCUT2D eigenvalue weighted by molar-refractivity contribution is 6.12. The van der Waals surface area contributed by atoms with Crippen LogP contribution < -0.4 is 5.32 Å². The Labute approximate surface area is 206 Å². The molecule has 1 aromatic heterocycles. The van der Waals surface area contributed by atoms with Crippen molar-refractivity contribution in [2.24, 2.45) is 0 Å². The molecule has 5 heteroatoms. The third-order valence-electron chi connectivity index (χ3n) is 6.06. The highest BCUT2D eigenvalue weighted by atomic mass is 19.1. The van der Waals surface area contributed by atoms with E-state index in [9.17, 15) is 14.3 Å². The molecule has 0 fully saturated rings. The average molecular weight is 471 g/mol. The second kappa shape index (κ2) is 10.7. The minimum atomic E-state index is -0.500. The third kappa shape index (κ3) is 5.36. The number of aliphatic hydroxyl groups excluding tert-OH is 1. The summed E-state index contributed by atoms with van der Waals surface area (Å²) in [7, 11) is 0. The van der Waals surface area contributed by atoms with Gasteiger partial charge in [-0.1, -0.05) is 62.4 Å². The van der Waals surface area contributed by atoms with Gasteiger partial charge in [0.1, 0.15) is 5.82 Å². The molecule has 0 saturated carbocycles. The van der Waals surface area contributed by atoms with E-state index >= 15 is 0 Å². The van der Waals surface area contributed by atoms with E-state index in [-0.39, 0.29) is 17.6 Å². The van der Waals surface area contributed by atoms with Crippen LogP contribution in [0.2, 0.25) is 0 Å². The van der Waals surface area contributed by atoms with E-state index in [1.165, 1.54) is 12.1 Å². The van der Waals surface area contributed by atoms with Gasteiger partial charge in [0.15, 0.2) is 0 Å². The van der Waals surface area contributed by atoms with Crippen LogP contribution in [0.4, 0.5) is 10.1 Å². The molecule has 1 heterocycles. The van der Waals surface area contributed by atoms with Crippen LogP contribution in [0.3, 0.4) is 0 Å². The van der Waals surface area contributed by atoms with Gasteiger partial charge in [0.05, 0.1) is 17.4 Å². The maximum atomic E-state index is 13.9. The lowest BCUT2D eigenvalue weighted by Crippen LogP contribution is -2.17. The molecule has 1 amide bonds. The van der Waals surface area contributed by atoms with Crippen molar-refractivity contribution in [3.8, 4) is 22.4 Å². The quantitative estimate of drug-likeness (QED) is 0.288. The molecule has 0 spiro atoms.